The summed E-state index contributed by atoms with van der Waals surface area (Å²) < 4.78 is 0.279. The maximum atomic E-state index is 9.48. The van der Waals surface area contributed by atoms with Gasteiger partial charge in [-0.25, -0.2) is 0 Å². The van der Waals surface area contributed by atoms with Crippen LogP contribution in [0.15, 0.2) is 22.7 Å². The fraction of sp³-hybridized carbons (Fsp3) is 0.222. The first-order valence-electron chi connectivity index (χ1n) is 3.81. The smallest absolute Gasteiger partial charge is 0.170 e. The molecule has 0 aliphatic rings. The minimum absolute atomic E-state index is 0.0494. The predicted octanol–water partition coefficient (Wildman–Crippen LogP) is 1.07. The second-order valence-electron chi connectivity index (χ2n) is 2.70. The number of halogens is 1. The summed E-state index contributed by atoms with van der Waals surface area (Å²) in [5, 5.41) is 36.2. The third-order valence-corrected chi connectivity index (χ3v) is 2.62. The molecule has 0 amide bonds. The molecule has 4 nitrogen and oxygen atoms in total. The molecule has 0 aliphatic heterocycles. The van der Waals surface area contributed by atoms with Crippen molar-refractivity contribution < 1.29 is 15.3 Å². The van der Waals surface area contributed by atoms with Gasteiger partial charge in [-0.1, -0.05) is 12.1 Å². The Bertz CT molecular complexity index is 375. The number of aliphatic hydroxyl groups excluding tert-OH is 2. The van der Waals surface area contributed by atoms with E-state index in [0.29, 0.717) is 0 Å². The van der Waals surface area contributed by atoms with E-state index in [2.05, 4.69) is 15.9 Å². The third-order valence-electron chi connectivity index (χ3n) is 1.76. The van der Waals surface area contributed by atoms with Crippen LogP contribution in [0.25, 0.3) is 0 Å². The first-order valence-corrected chi connectivity index (χ1v) is 4.60. The van der Waals surface area contributed by atoms with Crippen LogP contribution in [-0.2, 0) is 0 Å². The lowest BCUT2D eigenvalue weighted by Gasteiger charge is -2.14. The summed E-state index contributed by atoms with van der Waals surface area (Å²) in [7, 11) is 0. The highest BCUT2D eigenvalue weighted by Gasteiger charge is 2.21. The normalized spacial score (nSPS) is 14.4. The third kappa shape index (κ3) is 2.04. The van der Waals surface area contributed by atoms with E-state index in [1.165, 1.54) is 24.3 Å². The van der Waals surface area contributed by atoms with Crippen LogP contribution in [0, 0.1) is 11.3 Å². The van der Waals surface area contributed by atoms with Crippen LogP contribution >= 0.6 is 15.9 Å². The van der Waals surface area contributed by atoms with Crippen LogP contribution in [0.5, 0.6) is 5.75 Å². The number of benzene rings is 1. The maximum Gasteiger partial charge on any atom is 0.170 e. The summed E-state index contributed by atoms with van der Waals surface area (Å²) >= 11 is 3.05. The lowest BCUT2D eigenvalue weighted by Crippen LogP contribution is -2.16. The van der Waals surface area contributed by atoms with Crippen molar-refractivity contribution in [3.05, 3.63) is 28.2 Å². The van der Waals surface area contributed by atoms with Crippen LogP contribution in [0.1, 0.15) is 11.7 Å². The number of phenols is 1. The quantitative estimate of drug-likeness (QED) is 0.693. The monoisotopic (exact) mass is 257 g/mol. The topological polar surface area (TPSA) is 84.5 Å². The number of nitrogens with zero attached hydrogens (tertiary/aromatic N) is 1. The molecule has 2 unspecified atom stereocenters. The number of nitriles is 1. The van der Waals surface area contributed by atoms with Crippen molar-refractivity contribution in [1.29, 1.82) is 5.26 Å². The summed E-state index contributed by atoms with van der Waals surface area (Å²) in [6.07, 6.45) is -2.84. The molecule has 0 aromatic heterocycles. The van der Waals surface area contributed by atoms with E-state index in [9.17, 15) is 10.2 Å². The molecule has 1 aromatic rings. The van der Waals surface area contributed by atoms with Crippen LogP contribution in [0.2, 0.25) is 0 Å². The molecule has 0 saturated carbocycles. The molecule has 1 rings (SSSR count). The summed E-state index contributed by atoms with van der Waals surface area (Å²) in [6.45, 7) is 0. The molecule has 3 N–H and O–H groups in total. The minimum atomic E-state index is -1.51. The molecule has 0 saturated heterocycles. The van der Waals surface area contributed by atoms with Gasteiger partial charge >= 0.3 is 0 Å². The van der Waals surface area contributed by atoms with Gasteiger partial charge in [-0.05, 0) is 22.0 Å². The number of phenolic OH excluding ortho intramolecular Hbond substituents is 1. The average molecular weight is 258 g/mol. The second kappa shape index (κ2) is 4.42. The fourth-order valence-corrected chi connectivity index (χ4v) is 1.51. The highest BCUT2D eigenvalue weighted by Crippen LogP contribution is 2.32. The molecule has 0 radical (unpaired) electrons. The van der Waals surface area contributed by atoms with Crippen molar-refractivity contribution >= 4 is 15.9 Å². The standard InChI is InChI=1S/C9H8BrNO3/c10-8-5(2-1-3-6(8)12)9(14)7(13)4-11/h1-3,7,9,12-14H. The first kappa shape index (κ1) is 11.0. The van der Waals surface area contributed by atoms with Gasteiger partial charge in [0.15, 0.2) is 6.10 Å². The molecule has 0 bridgehead atoms. The van der Waals surface area contributed by atoms with Gasteiger partial charge in [0.2, 0.25) is 0 Å². The zero-order valence-electron chi connectivity index (χ0n) is 7.05. The van der Waals surface area contributed by atoms with E-state index < -0.39 is 12.2 Å². The van der Waals surface area contributed by atoms with Crippen molar-refractivity contribution in [2.75, 3.05) is 0 Å². The number of rotatable bonds is 2. The van der Waals surface area contributed by atoms with Crippen LogP contribution in [0.3, 0.4) is 0 Å². The molecule has 0 aliphatic carbocycles. The van der Waals surface area contributed by atoms with Gasteiger partial charge in [-0.2, -0.15) is 5.26 Å². The molecule has 5 heteroatoms. The molecule has 0 fully saturated rings. The van der Waals surface area contributed by atoms with E-state index in [0.717, 1.165) is 0 Å². The van der Waals surface area contributed by atoms with E-state index in [1.54, 1.807) is 0 Å². The fourth-order valence-electron chi connectivity index (χ4n) is 1.01. The van der Waals surface area contributed by atoms with Crippen molar-refractivity contribution in [1.82, 2.24) is 0 Å². The zero-order chi connectivity index (χ0) is 10.7. The van der Waals surface area contributed by atoms with Gasteiger partial charge in [0.05, 0.1) is 10.5 Å². The van der Waals surface area contributed by atoms with E-state index >= 15 is 0 Å². The lowest BCUT2D eigenvalue weighted by atomic mass is 10.1. The van der Waals surface area contributed by atoms with Gasteiger partial charge in [0.25, 0.3) is 0 Å². The zero-order valence-corrected chi connectivity index (χ0v) is 8.64. The average Bonchev–Trinajstić information content (AvgIpc) is 2.20. The van der Waals surface area contributed by atoms with Crippen molar-refractivity contribution in [3.63, 3.8) is 0 Å². The molecule has 14 heavy (non-hydrogen) atoms. The van der Waals surface area contributed by atoms with E-state index in [-0.39, 0.29) is 15.8 Å². The molecule has 0 heterocycles. The van der Waals surface area contributed by atoms with Crippen molar-refractivity contribution in [2.45, 2.75) is 12.2 Å². The van der Waals surface area contributed by atoms with Crippen molar-refractivity contribution in [3.8, 4) is 11.8 Å². The second-order valence-corrected chi connectivity index (χ2v) is 3.49. The molecular formula is C9H8BrNO3. The Morgan fingerprint density at radius 2 is 2.00 bits per heavy atom. The maximum absolute atomic E-state index is 9.48. The van der Waals surface area contributed by atoms with E-state index in [1.807, 2.05) is 0 Å². The van der Waals surface area contributed by atoms with E-state index in [4.69, 9.17) is 10.4 Å². The summed E-state index contributed by atoms with van der Waals surface area (Å²) in [4.78, 5) is 0. The molecule has 2 atom stereocenters. The van der Waals surface area contributed by atoms with Gasteiger partial charge in [-0.15, -0.1) is 0 Å². The lowest BCUT2D eigenvalue weighted by molar-refractivity contribution is 0.0521. The van der Waals surface area contributed by atoms with Crippen molar-refractivity contribution in [2.24, 2.45) is 0 Å². The molecule has 74 valence electrons. The molecular weight excluding hydrogens is 250 g/mol. The minimum Gasteiger partial charge on any atom is -0.507 e. The Balaban J connectivity index is 3.08. The van der Waals surface area contributed by atoms with Crippen LogP contribution in [0.4, 0.5) is 0 Å². The highest BCUT2D eigenvalue weighted by molar-refractivity contribution is 9.10. The molecule has 0 spiro atoms. The summed E-state index contributed by atoms with van der Waals surface area (Å²) in [6, 6.07) is 5.97. The van der Waals surface area contributed by atoms with Crippen LogP contribution < -0.4 is 0 Å². The number of aliphatic hydroxyl groups is 2. The highest BCUT2D eigenvalue weighted by atomic mass is 79.9. The van der Waals surface area contributed by atoms with Gasteiger partial charge < -0.3 is 15.3 Å². The summed E-state index contributed by atoms with van der Waals surface area (Å²) in [5.74, 6) is -0.0494. The Morgan fingerprint density at radius 1 is 1.36 bits per heavy atom. The first-order chi connectivity index (χ1) is 6.57. The molecule has 1 aromatic carbocycles. The number of aromatic hydroxyl groups is 1. The van der Waals surface area contributed by atoms with Gasteiger partial charge in [-0.3, -0.25) is 0 Å². The number of hydrogen-bond acceptors (Lipinski definition) is 4. The number of hydrogen-bond donors (Lipinski definition) is 3. The Labute approximate surface area is 89.2 Å². The van der Waals surface area contributed by atoms with Gasteiger partial charge in [0, 0.05) is 5.56 Å². The Kier molecular flexibility index (Phi) is 3.47. The van der Waals surface area contributed by atoms with Crippen LogP contribution in [-0.4, -0.2) is 21.4 Å². The Hall–Kier alpha value is -1.09. The predicted molar refractivity (Wildman–Crippen MR) is 52.4 cm³/mol. The largest absolute Gasteiger partial charge is 0.507 e. The Morgan fingerprint density at radius 3 is 2.57 bits per heavy atom. The SMILES string of the molecule is N#CC(O)C(O)c1cccc(O)c1Br. The van der Waals surface area contributed by atoms with Gasteiger partial charge in [0.1, 0.15) is 11.9 Å². The summed E-state index contributed by atoms with van der Waals surface area (Å²) in [5.41, 5.74) is 0.277.